The number of benzene rings is 3. The van der Waals surface area contributed by atoms with Gasteiger partial charge in [0, 0.05) is 10.0 Å². The lowest BCUT2D eigenvalue weighted by atomic mass is 9.94. The Kier molecular flexibility index (Phi) is 4.36. The van der Waals surface area contributed by atoms with Gasteiger partial charge in [0.1, 0.15) is 12.7 Å². The fourth-order valence-corrected chi connectivity index (χ4v) is 3.22. The van der Waals surface area contributed by atoms with E-state index in [1.807, 2.05) is 30.3 Å². The van der Waals surface area contributed by atoms with Crippen LogP contribution in [-0.2, 0) is 0 Å². The highest BCUT2D eigenvalue weighted by atomic mass is 79.9. The molecule has 0 radical (unpaired) electrons. The summed E-state index contributed by atoms with van der Waals surface area (Å²) in [4.78, 5) is 12.6. The topological polar surface area (TPSA) is 38.7 Å². The predicted octanol–water partition coefficient (Wildman–Crippen LogP) is 5.64. The zero-order valence-corrected chi connectivity index (χ0v) is 14.9. The molecular formula is C21H14BrN3. The molecule has 3 nitrogen and oxygen atoms in total. The molecule has 0 fully saturated rings. The zero-order chi connectivity index (χ0) is 17.1. The molecule has 0 aliphatic carbocycles. The van der Waals surface area contributed by atoms with Crippen molar-refractivity contribution in [2.24, 2.45) is 0 Å². The van der Waals surface area contributed by atoms with Crippen molar-refractivity contribution in [1.29, 1.82) is 0 Å². The van der Waals surface area contributed by atoms with Crippen LogP contribution in [0.1, 0.15) is 0 Å². The lowest BCUT2D eigenvalue weighted by Gasteiger charge is -2.12. The maximum Gasteiger partial charge on any atom is 0.163 e. The van der Waals surface area contributed by atoms with Gasteiger partial charge in [-0.25, -0.2) is 15.0 Å². The number of aromatic nitrogens is 3. The van der Waals surface area contributed by atoms with Gasteiger partial charge in [-0.05, 0) is 46.5 Å². The van der Waals surface area contributed by atoms with Crippen molar-refractivity contribution in [3.05, 3.63) is 89.9 Å². The molecule has 0 bridgehead atoms. The van der Waals surface area contributed by atoms with E-state index in [-0.39, 0.29) is 0 Å². The second-order valence-electron chi connectivity index (χ2n) is 5.60. The van der Waals surface area contributed by atoms with Gasteiger partial charge < -0.3 is 0 Å². The van der Waals surface area contributed by atoms with Gasteiger partial charge in [0.2, 0.25) is 0 Å². The van der Waals surface area contributed by atoms with Crippen LogP contribution in [0.2, 0.25) is 0 Å². The van der Waals surface area contributed by atoms with E-state index in [4.69, 9.17) is 0 Å². The first-order chi connectivity index (χ1) is 12.3. The summed E-state index contributed by atoms with van der Waals surface area (Å²) in [6.07, 6.45) is 3.05. The fourth-order valence-electron chi connectivity index (χ4n) is 2.82. The Hall–Kier alpha value is -2.85. The van der Waals surface area contributed by atoms with Crippen molar-refractivity contribution in [1.82, 2.24) is 15.0 Å². The van der Waals surface area contributed by atoms with E-state index in [1.54, 1.807) is 0 Å². The van der Waals surface area contributed by atoms with E-state index in [2.05, 4.69) is 73.3 Å². The molecule has 0 unspecified atom stereocenters. The smallest absolute Gasteiger partial charge is 0.163 e. The van der Waals surface area contributed by atoms with Crippen LogP contribution in [0, 0.1) is 0 Å². The van der Waals surface area contributed by atoms with Crippen LogP contribution in [0.3, 0.4) is 0 Å². The highest BCUT2D eigenvalue weighted by Crippen LogP contribution is 2.35. The Labute approximate surface area is 154 Å². The normalized spacial score (nSPS) is 10.6. The maximum atomic E-state index is 4.33. The third-order valence-corrected chi connectivity index (χ3v) is 4.49. The van der Waals surface area contributed by atoms with Gasteiger partial charge >= 0.3 is 0 Å². The molecule has 25 heavy (non-hydrogen) atoms. The highest BCUT2D eigenvalue weighted by Gasteiger charge is 2.12. The van der Waals surface area contributed by atoms with Crippen molar-refractivity contribution < 1.29 is 0 Å². The van der Waals surface area contributed by atoms with E-state index in [0.29, 0.717) is 5.82 Å². The summed E-state index contributed by atoms with van der Waals surface area (Å²) in [6, 6.07) is 25.0. The minimum Gasteiger partial charge on any atom is -0.225 e. The summed E-state index contributed by atoms with van der Waals surface area (Å²) in [5.74, 6) is 0.671. The van der Waals surface area contributed by atoms with Gasteiger partial charge in [-0.2, -0.15) is 0 Å². The standard InChI is InChI=1S/C21H14BrN3/c22-18-8-4-7-17(11-18)20-12-16(15-5-2-1-3-6-15)9-10-19(20)21-24-13-23-14-25-21/h1-14H. The Bertz CT molecular complexity index is 1000. The fraction of sp³-hybridized carbons (Fsp3) is 0. The molecule has 0 aliphatic heterocycles. The average molecular weight is 388 g/mol. The van der Waals surface area contributed by atoms with Gasteiger partial charge in [0.25, 0.3) is 0 Å². The van der Waals surface area contributed by atoms with Gasteiger partial charge in [-0.1, -0.05) is 64.5 Å². The Morgan fingerprint density at radius 2 is 1.36 bits per heavy atom. The van der Waals surface area contributed by atoms with Gasteiger partial charge in [0.05, 0.1) is 0 Å². The van der Waals surface area contributed by atoms with E-state index in [0.717, 1.165) is 26.7 Å². The second-order valence-corrected chi connectivity index (χ2v) is 6.51. The van der Waals surface area contributed by atoms with Crippen LogP contribution in [0.15, 0.2) is 89.9 Å². The average Bonchev–Trinajstić information content (AvgIpc) is 2.69. The van der Waals surface area contributed by atoms with Crippen molar-refractivity contribution in [3.63, 3.8) is 0 Å². The van der Waals surface area contributed by atoms with Crippen LogP contribution < -0.4 is 0 Å². The monoisotopic (exact) mass is 387 g/mol. The third kappa shape index (κ3) is 3.35. The molecule has 0 amide bonds. The molecule has 0 aliphatic rings. The second kappa shape index (κ2) is 6.95. The largest absolute Gasteiger partial charge is 0.225 e. The minimum absolute atomic E-state index is 0.671. The molecule has 0 spiro atoms. The Morgan fingerprint density at radius 3 is 2.12 bits per heavy atom. The van der Waals surface area contributed by atoms with Crippen molar-refractivity contribution in [2.75, 3.05) is 0 Å². The van der Waals surface area contributed by atoms with E-state index >= 15 is 0 Å². The lowest BCUT2D eigenvalue weighted by Crippen LogP contribution is -1.93. The Morgan fingerprint density at radius 1 is 0.600 bits per heavy atom. The highest BCUT2D eigenvalue weighted by molar-refractivity contribution is 9.10. The van der Waals surface area contributed by atoms with E-state index in [1.165, 1.54) is 18.2 Å². The number of rotatable bonds is 3. The lowest BCUT2D eigenvalue weighted by molar-refractivity contribution is 1.06. The van der Waals surface area contributed by atoms with Crippen molar-refractivity contribution in [2.45, 2.75) is 0 Å². The molecule has 3 aromatic carbocycles. The SMILES string of the molecule is Brc1cccc(-c2cc(-c3ccccc3)ccc2-c2ncncn2)c1. The number of halogens is 1. The van der Waals surface area contributed by atoms with Crippen LogP contribution in [-0.4, -0.2) is 15.0 Å². The van der Waals surface area contributed by atoms with Gasteiger partial charge in [-0.15, -0.1) is 0 Å². The molecule has 120 valence electrons. The molecule has 4 rings (SSSR count). The summed E-state index contributed by atoms with van der Waals surface area (Å²) in [5, 5.41) is 0. The van der Waals surface area contributed by atoms with Crippen LogP contribution in [0.25, 0.3) is 33.6 Å². The van der Waals surface area contributed by atoms with Crippen LogP contribution in [0.5, 0.6) is 0 Å². The molecular weight excluding hydrogens is 374 g/mol. The number of hydrogen-bond acceptors (Lipinski definition) is 3. The maximum absolute atomic E-state index is 4.33. The van der Waals surface area contributed by atoms with E-state index < -0.39 is 0 Å². The first-order valence-electron chi connectivity index (χ1n) is 7.89. The molecule has 0 N–H and O–H groups in total. The van der Waals surface area contributed by atoms with Gasteiger partial charge in [0.15, 0.2) is 5.82 Å². The Balaban J connectivity index is 1.93. The van der Waals surface area contributed by atoms with Crippen molar-refractivity contribution in [3.8, 4) is 33.6 Å². The first kappa shape index (κ1) is 15.7. The molecule has 0 atom stereocenters. The third-order valence-electron chi connectivity index (χ3n) is 4.00. The molecule has 1 heterocycles. The quantitative estimate of drug-likeness (QED) is 0.456. The molecule has 0 saturated heterocycles. The van der Waals surface area contributed by atoms with Crippen LogP contribution >= 0.6 is 15.9 Å². The molecule has 4 heteroatoms. The van der Waals surface area contributed by atoms with Crippen molar-refractivity contribution >= 4 is 15.9 Å². The summed E-state index contributed by atoms with van der Waals surface area (Å²) in [5.41, 5.74) is 5.53. The van der Waals surface area contributed by atoms with Gasteiger partial charge in [-0.3, -0.25) is 0 Å². The molecule has 4 aromatic rings. The summed E-state index contributed by atoms with van der Waals surface area (Å²) >= 11 is 3.56. The number of nitrogens with zero attached hydrogens (tertiary/aromatic N) is 3. The summed E-state index contributed by atoms with van der Waals surface area (Å²) in [6.45, 7) is 0. The first-order valence-corrected chi connectivity index (χ1v) is 8.68. The molecule has 1 aromatic heterocycles. The molecule has 0 saturated carbocycles. The minimum atomic E-state index is 0.671. The zero-order valence-electron chi connectivity index (χ0n) is 13.3. The summed E-state index contributed by atoms with van der Waals surface area (Å²) in [7, 11) is 0. The summed E-state index contributed by atoms with van der Waals surface area (Å²) < 4.78 is 1.04. The van der Waals surface area contributed by atoms with Crippen LogP contribution in [0.4, 0.5) is 0 Å². The predicted molar refractivity (Wildman–Crippen MR) is 104 cm³/mol. The van der Waals surface area contributed by atoms with E-state index in [9.17, 15) is 0 Å². The number of hydrogen-bond donors (Lipinski definition) is 0.